The van der Waals surface area contributed by atoms with E-state index in [1.807, 2.05) is 12.3 Å². The number of benzene rings is 1. The summed E-state index contributed by atoms with van der Waals surface area (Å²) in [6.07, 6.45) is 6.46. The van der Waals surface area contributed by atoms with E-state index in [1.165, 1.54) is 17.5 Å². The zero-order valence-corrected chi connectivity index (χ0v) is 18.3. The van der Waals surface area contributed by atoms with Crippen LogP contribution in [0.1, 0.15) is 42.7 Å². The predicted molar refractivity (Wildman–Crippen MR) is 120 cm³/mol. The number of aliphatic carboxylic acids is 1. The van der Waals surface area contributed by atoms with Crippen molar-refractivity contribution < 1.29 is 14.6 Å². The number of aromatic nitrogens is 1. The van der Waals surface area contributed by atoms with Gasteiger partial charge in [-0.1, -0.05) is 36.4 Å². The van der Waals surface area contributed by atoms with Crippen LogP contribution in [0.15, 0.2) is 48.7 Å². The lowest BCUT2D eigenvalue weighted by Crippen LogP contribution is -2.47. The highest BCUT2D eigenvalue weighted by atomic mass is 16.5. The average molecular weight is 424 g/mol. The molecular weight excluding hydrogens is 390 g/mol. The van der Waals surface area contributed by atoms with Crippen molar-refractivity contribution in [2.24, 2.45) is 5.41 Å². The van der Waals surface area contributed by atoms with Crippen molar-refractivity contribution in [2.45, 2.75) is 44.1 Å². The Bertz CT molecular complexity index is 848. The van der Waals surface area contributed by atoms with Crippen molar-refractivity contribution in [3.8, 4) is 5.88 Å². The number of carboxylic acid groups (broad SMARTS) is 1. The smallest absolute Gasteiger partial charge is 0.304 e. The van der Waals surface area contributed by atoms with E-state index in [4.69, 9.17) is 9.84 Å². The van der Waals surface area contributed by atoms with Crippen molar-refractivity contribution in [1.29, 1.82) is 0 Å². The van der Waals surface area contributed by atoms with E-state index in [0.29, 0.717) is 24.4 Å². The van der Waals surface area contributed by atoms with Gasteiger partial charge in [-0.25, -0.2) is 4.98 Å². The summed E-state index contributed by atoms with van der Waals surface area (Å²) in [7, 11) is 1.64. The molecule has 1 aromatic heterocycles. The van der Waals surface area contributed by atoms with Crippen LogP contribution < -0.4 is 10.1 Å². The minimum atomic E-state index is -0.719. The fourth-order valence-electron chi connectivity index (χ4n) is 4.83. The molecule has 1 saturated heterocycles. The number of nitrogens with one attached hydrogen (secondary N) is 1. The summed E-state index contributed by atoms with van der Waals surface area (Å²) in [6.45, 7) is 3.53. The summed E-state index contributed by atoms with van der Waals surface area (Å²) in [5.74, 6) is 0.545. The van der Waals surface area contributed by atoms with Gasteiger partial charge in [-0.3, -0.25) is 4.79 Å². The first-order chi connectivity index (χ1) is 15.1. The van der Waals surface area contributed by atoms with Gasteiger partial charge in [0.2, 0.25) is 5.88 Å². The van der Waals surface area contributed by atoms with Gasteiger partial charge in [-0.05, 0) is 55.3 Å². The number of likely N-dealkylation sites (tertiary alicyclic amines) is 1. The van der Waals surface area contributed by atoms with Crippen LogP contribution >= 0.6 is 0 Å². The van der Waals surface area contributed by atoms with Crippen molar-refractivity contribution in [3.63, 3.8) is 0 Å². The number of carbonyl (C=O) groups is 1. The highest BCUT2D eigenvalue weighted by molar-refractivity contribution is 5.66. The van der Waals surface area contributed by atoms with E-state index in [0.717, 1.165) is 38.9 Å². The van der Waals surface area contributed by atoms with Gasteiger partial charge in [-0.15, -0.1) is 0 Å². The van der Waals surface area contributed by atoms with E-state index in [-0.39, 0.29) is 11.8 Å². The van der Waals surface area contributed by atoms with E-state index in [1.54, 1.807) is 7.11 Å². The second-order valence-corrected chi connectivity index (χ2v) is 9.11. The van der Waals surface area contributed by atoms with Crippen LogP contribution in [0.2, 0.25) is 0 Å². The largest absolute Gasteiger partial charge is 0.481 e. The molecule has 166 valence electrons. The molecular formula is C25H33N3O3. The van der Waals surface area contributed by atoms with Crippen LogP contribution in [0.5, 0.6) is 5.88 Å². The molecule has 0 spiro atoms. The lowest BCUT2D eigenvalue weighted by Gasteiger charge is -2.42. The Morgan fingerprint density at radius 1 is 1.23 bits per heavy atom. The Labute approximate surface area is 184 Å². The first-order valence-electron chi connectivity index (χ1n) is 11.3. The number of methoxy groups -OCH3 is 1. The lowest BCUT2D eigenvalue weighted by molar-refractivity contribution is -0.137. The van der Waals surface area contributed by atoms with E-state index in [9.17, 15) is 4.79 Å². The van der Waals surface area contributed by atoms with Gasteiger partial charge in [0.05, 0.1) is 13.5 Å². The average Bonchev–Trinajstić information content (AvgIpc) is 3.58. The third-order valence-corrected chi connectivity index (χ3v) is 6.90. The first kappa shape index (κ1) is 21.8. The molecule has 1 saturated carbocycles. The van der Waals surface area contributed by atoms with Gasteiger partial charge in [0.25, 0.3) is 0 Å². The number of hydrogen-bond donors (Lipinski definition) is 2. The topological polar surface area (TPSA) is 74.7 Å². The minimum absolute atomic E-state index is 0.166. The molecule has 1 unspecified atom stereocenters. The number of piperidine rings is 1. The van der Waals surface area contributed by atoms with Crippen LogP contribution in [0.3, 0.4) is 0 Å². The Hall–Kier alpha value is -2.44. The van der Waals surface area contributed by atoms with Gasteiger partial charge < -0.3 is 20.1 Å². The second-order valence-electron chi connectivity index (χ2n) is 9.11. The van der Waals surface area contributed by atoms with E-state index in [2.05, 4.69) is 51.6 Å². The van der Waals surface area contributed by atoms with Crippen LogP contribution in [-0.2, 0) is 11.2 Å². The Kier molecular flexibility index (Phi) is 6.88. The van der Waals surface area contributed by atoms with Gasteiger partial charge >= 0.3 is 5.97 Å². The van der Waals surface area contributed by atoms with Crippen molar-refractivity contribution in [2.75, 3.05) is 33.3 Å². The molecule has 0 amide bonds. The molecule has 2 N–H and O–H groups in total. The minimum Gasteiger partial charge on any atom is -0.481 e. The highest BCUT2D eigenvalue weighted by Crippen LogP contribution is 2.42. The summed E-state index contributed by atoms with van der Waals surface area (Å²) in [6, 6.07) is 15.4. The Morgan fingerprint density at radius 2 is 2.00 bits per heavy atom. The first-order valence-corrected chi connectivity index (χ1v) is 11.3. The van der Waals surface area contributed by atoms with Gasteiger partial charge in [0.1, 0.15) is 0 Å². The molecule has 4 rings (SSSR count). The van der Waals surface area contributed by atoms with Crippen LogP contribution in [0, 0.1) is 5.41 Å². The zero-order chi connectivity index (χ0) is 21.7. The molecule has 6 nitrogen and oxygen atoms in total. The molecule has 2 atom stereocenters. The molecule has 2 aromatic rings. The SMILES string of the molecule is COc1ccc(CC2(CN[C@@H]3CC3c3ccccc3)CCN(CCC(=O)O)CC2)cn1. The zero-order valence-electron chi connectivity index (χ0n) is 18.3. The maximum atomic E-state index is 10.9. The van der Waals surface area contributed by atoms with Crippen molar-refractivity contribution in [3.05, 3.63) is 59.8 Å². The molecule has 0 bridgehead atoms. The molecule has 2 aliphatic rings. The molecule has 1 aliphatic carbocycles. The number of ether oxygens (including phenoxy) is 1. The van der Waals surface area contributed by atoms with E-state index < -0.39 is 5.97 Å². The number of rotatable bonds is 10. The number of pyridine rings is 1. The van der Waals surface area contributed by atoms with Gasteiger partial charge in [0, 0.05) is 37.3 Å². The maximum Gasteiger partial charge on any atom is 0.304 e. The summed E-state index contributed by atoms with van der Waals surface area (Å²) >= 11 is 0. The lowest BCUT2D eigenvalue weighted by atomic mass is 9.73. The molecule has 31 heavy (non-hydrogen) atoms. The molecule has 1 aromatic carbocycles. The predicted octanol–water partition coefficient (Wildman–Crippen LogP) is 3.34. The molecule has 2 fully saturated rings. The Balaban J connectivity index is 1.38. The molecule has 2 heterocycles. The number of carboxylic acids is 1. The van der Waals surface area contributed by atoms with Crippen LogP contribution in [0.4, 0.5) is 0 Å². The quantitative estimate of drug-likeness (QED) is 0.611. The van der Waals surface area contributed by atoms with Crippen molar-refractivity contribution in [1.82, 2.24) is 15.2 Å². The summed E-state index contributed by atoms with van der Waals surface area (Å²) in [4.78, 5) is 17.6. The third kappa shape index (κ3) is 5.83. The number of nitrogens with zero attached hydrogens (tertiary/aromatic N) is 2. The Morgan fingerprint density at radius 3 is 2.65 bits per heavy atom. The van der Waals surface area contributed by atoms with E-state index >= 15 is 0 Å². The summed E-state index contributed by atoms with van der Waals surface area (Å²) in [5, 5.41) is 12.9. The van der Waals surface area contributed by atoms with Crippen molar-refractivity contribution >= 4 is 5.97 Å². The van der Waals surface area contributed by atoms with Gasteiger partial charge in [-0.2, -0.15) is 0 Å². The fraction of sp³-hybridized carbons (Fsp3) is 0.520. The van der Waals surface area contributed by atoms with Crippen LogP contribution in [0.25, 0.3) is 0 Å². The molecule has 1 aliphatic heterocycles. The normalized spacial score (nSPS) is 22.7. The van der Waals surface area contributed by atoms with Crippen LogP contribution in [-0.4, -0.2) is 60.3 Å². The molecule has 6 heteroatoms. The molecule has 0 radical (unpaired) electrons. The second kappa shape index (κ2) is 9.79. The van der Waals surface area contributed by atoms with Gasteiger partial charge in [0.15, 0.2) is 0 Å². The summed E-state index contributed by atoms with van der Waals surface area (Å²) < 4.78 is 5.21. The summed E-state index contributed by atoms with van der Waals surface area (Å²) in [5.41, 5.74) is 2.83. The third-order valence-electron chi connectivity index (χ3n) is 6.90. The highest BCUT2D eigenvalue weighted by Gasteiger charge is 2.41. The standard InChI is InChI=1S/C25H33N3O3/c1-31-23-8-7-19(17-26-23)16-25(10-13-28(14-11-25)12-9-24(29)30)18-27-22-15-21(22)20-5-3-2-4-6-20/h2-8,17,21-22,27H,9-16,18H2,1H3,(H,29,30)/t21?,22-/m1/s1. The monoisotopic (exact) mass is 423 g/mol. The maximum absolute atomic E-state index is 10.9. The number of hydrogen-bond acceptors (Lipinski definition) is 5. The fourth-order valence-corrected chi connectivity index (χ4v) is 4.83.